The summed E-state index contributed by atoms with van der Waals surface area (Å²) in [7, 11) is 0. The van der Waals surface area contributed by atoms with Crippen LogP contribution in [0.2, 0.25) is 0 Å². The number of aliphatic imine (C=N–C) groups is 2. The standard InChI is InChI=1S/C68H44N8/c1-5-21-43(22-6-1)55-41-47(42-56(69-55)44-23-7-2-8-24-44)73-60-36-20-16-32-54(60)62-61(73)40-39-51-48-29-14-18-34-58(48)75(63(51)62)67-70-66(45-25-9-3-10-26-45)71-68(72-67)76-59-35-19-15-31-50(59)53-38-37-52-49-30-13-17-33-57(49)74(64(52)65(53)76)46-27-11-4-12-28-46/h1-42,67H,(H,70,71,72). The van der Waals surface area contributed by atoms with E-state index < -0.39 is 6.29 Å². The summed E-state index contributed by atoms with van der Waals surface area (Å²) in [5, 5.41) is 13.3. The van der Waals surface area contributed by atoms with Crippen LogP contribution in [0.15, 0.2) is 265 Å². The van der Waals surface area contributed by atoms with Crippen LogP contribution in [0.4, 0.5) is 0 Å². The molecule has 0 amide bonds. The lowest BCUT2D eigenvalue weighted by atomic mass is 10.1. The molecule has 1 N–H and O–H groups in total. The number of fused-ring (bicyclic) bond motifs is 14. The molecule has 15 aromatic rings. The molecule has 1 unspecified atom stereocenters. The van der Waals surface area contributed by atoms with E-state index in [1.54, 1.807) is 0 Å². The van der Waals surface area contributed by atoms with Crippen molar-refractivity contribution in [1.29, 1.82) is 0 Å². The van der Waals surface area contributed by atoms with E-state index in [0.717, 1.165) is 116 Å². The van der Waals surface area contributed by atoms with Crippen LogP contribution in [-0.2, 0) is 0 Å². The van der Waals surface area contributed by atoms with E-state index in [0.29, 0.717) is 11.8 Å². The lowest BCUT2D eigenvalue weighted by Crippen LogP contribution is -2.40. The summed E-state index contributed by atoms with van der Waals surface area (Å²) in [6.07, 6.45) is -0.636. The smallest absolute Gasteiger partial charge is 0.213 e. The van der Waals surface area contributed by atoms with E-state index in [-0.39, 0.29) is 0 Å². The molecule has 10 aromatic carbocycles. The average Bonchev–Trinajstić information content (AvgIpc) is 4.34. The molecule has 0 fully saturated rings. The molecule has 0 saturated heterocycles. The molecular formula is C68H44N8. The summed E-state index contributed by atoms with van der Waals surface area (Å²) in [4.78, 5) is 16.5. The van der Waals surface area contributed by atoms with Crippen LogP contribution < -0.4 is 5.32 Å². The van der Waals surface area contributed by atoms with Gasteiger partial charge < -0.3 is 14.5 Å². The van der Waals surface area contributed by atoms with Gasteiger partial charge in [-0.2, -0.15) is 4.99 Å². The summed E-state index contributed by atoms with van der Waals surface area (Å²) >= 11 is 0. The van der Waals surface area contributed by atoms with Gasteiger partial charge in [-0.25, -0.2) is 9.98 Å². The molecule has 6 heterocycles. The summed E-state index contributed by atoms with van der Waals surface area (Å²) < 4.78 is 9.61. The van der Waals surface area contributed by atoms with Crippen molar-refractivity contribution in [3.8, 4) is 33.9 Å². The van der Waals surface area contributed by atoms with E-state index in [9.17, 15) is 0 Å². The SMILES string of the molecule is c1ccc(C2=NC(n3c4ccccc4c4ccc5c(c6ccccc6n5-c5cc(-c6ccccc6)nc(-c6ccccc6)c5)c43)NC(n3c4ccccc4c4ccc5c6ccccc6n(-c6ccccc6)c5c43)=N2)cc1. The molecule has 16 rings (SSSR count). The molecule has 0 spiro atoms. The number of nitrogens with zero attached hydrogens (tertiary/aromatic N) is 7. The number of hydrogen-bond donors (Lipinski definition) is 1. The first kappa shape index (κ1) is 42.2. The van der Waals surface area contributed by atoms with Gasteiger partial charge in [0.15, 0.2) is 5.84 Å². The maximum absolute atomic E-state index is 5.67. The van der Waals surface area contributed by atoms with Crippen LogP contribution in [0.3, 0.4) is 0 Å². The Morgan fingerprint density at radius 3 is 1.38 bits per heavy atom. The number of rotatable bonds is 6. The van der Waals surface area contributed by atoms with Gasteiger partial charge >= 0.3 is 0 Å². The van der Waals surface area contributed by atoms with Gasteiger partial charge in [0.05, 0.1) is 61.2 Å². The quantitative estimate of drug-likeness (QED) is 0.180. The number of hydrogen-bond acceptors (Lipinski definition) is 4. The fraction of sp³-hybridized carbons (Fsp3) is 0.0147. The molecule has 1 aliphatic heterocycles. The van der Waals surface area contributed by atoms with Crippen molar-refractivity contribution >= 4 is 99.0 Å². The third-order valence-corrected chi connectivity index (χ3v) is 15.4. The second kappa shape index (κ2) is 16.6. The zero-order valence-corrected chi connectivity index (χ0v) is 41.0. The van der Waals surface area contributed by atoms with Crippen LogP contribution in [0, 0.1) is 0 Å². The highest BCUT2D eigenvalue weighted by molar-refractivity contribution is 6.28. The van der Waals surface area contributed by atoms with Gasteiger partial charge in [-0.1, -0.05) is 200 Å². The molecule has 0 saturated carbocycles. The Kier molecular flexibility index (Phi) is 9.23. The molecule has 8 heteroatoms. The van der Waals surface area contributed by atoms with Crippen molar-refractivity contribution in [3.63, 3.8) is 0 Å². The Balaban J connectivity index is 0.985. The molecule has 0 aliphatic carbocycles. The predicted octanol–water partition coefficient (Wildman–Crippen LogP) is 16.2. The number of amidine groups is 1. The molecule has 8 nitrogen and oxygen atoms in total. The fourth-order valence-electron chi connectivity index (χ4n) is 12.2. The lowest BCUT2D eigenvalue weighted by Gasteiger charge is -2.27. The number of aromatic nitrogens is 5. The molecule has 1 atom stereocenters. The average molecular weight is 973 g/mol. The molecule has 76 heavy (non-hydrogen) atoms. The maximum atomic E-state index is 5.67. The second-order valence-corrected chi connectivity index (χ2v) is 19.6. The van der Waals surface area contributed by atoms with Crippen LogP contribution in [-0.4, -0.2) is 35.0 Å². The van der Waals surface area contributed by atoms with E-state index in [1.165, 1.54) is 10.8 Å². The molecule has 0 radical (unpaired) electrons. The first-order chi connectivity index (χ1) is 37.7. The van der Waals surface area contributed by atoms with Crippen LogP contribution in [0.25, 0.3) is 121 Å². The summed E-state index contributed by atoms with van der Waals surface area (Å²) in [6, 6.07) is 90.7. The largest absolute Gasteiger partial charge is 0.316 e. The number of para-hydroxylation sites is 5. The molecule has 0 bridgehead atoms. The topological polar surface area (TPSA) is 69.4 Å². The van der Waals surface area contributed by atoms with Gasteiger partial charge in [0.2, 0.25) is 12.2 Å². The maximum Gasteiger partial charge on any atom is 0.213 e. The van der Waals surface area contributed by atoms with Crippen LogP contribution >= 0.6 is 0 Å². The van der Waals surface area contributed by atoms with E-state index in [4.69, 9.17) is 15.0 Å². The van der Waals surface area contributed by atoms with E-state index >= 15 is 0 Å². The third kappa shape index (κ3) is 6.28. The van der Waals surface area contributed by atoms with Gasteiger partial charge in [-0.3, -0.25) is 9.13 Å². The van der Waals surface area contributed by atoms with Crippen molar-refractivity contribution in [2.45, 2.75) is 6.29 Å². The second-order valence-electron chi connectivity index (χ2n) is 19.6. The first-order valence-electron chi connectivity index (χ1n) is 25.8. The normalized spacial score (nSPS) is 13.9. The predicted molar refractivity (Wildman–Crippen MR) is 314 cm³/mol. The van der Waals surface area contributed by atoms with E-state index in [2.05, 4.69) is 272 Å². The Hall–Kier alpha value is -10.3. The van der Waals surface area contributed by atoms with Crippen molar-refractivity contribution < 1.29 is 0 Å². The Morgan fingerprint density at radius 1 is 0.329 bits per heavy atom. The van der Waals surface area contributed by atoms with Gasteiger partial charge in [-0.05, 0) is 54.6 Å². The van der Waals surface area contributed by atoms with E-state index in [1.807, 2.05) is 6.07 Å². The van der Waals surface area contributed by atoms with Gasteiger partial charge in [0.1, 0.15) is 0 Å². The zero-order valence-electron chi connectivity index (χ0n) is 41.0. The minimum absolute atomic E-state index is 0.636. The molecule has 1 aliphatic rings. The van der Waals surface area contributed by atoms with Crippen LogP contribution in [0.1, 0.15) is 11.9 Å². The highest BCUT2D eigenvalue weighted by Gasteiger charge is 2.30. The number of pyridine rings is 1. The van der Waals surface area contributed by atoms with Crippen molar-refractivity contribution in [2.24, 2.45) is 9.98 Å². The Labute approximate surface area is 436 Å². The van der Waals surface area contributed by atoms with Crippen molar-refractivity contribution in [2.75, 3.05) is 0 Å². The minimum Gasteiger partial charge on any atom is -0.316 e. The Bertz CT molecular complexity index is 4830. The number of benzene rings is 10. The molecule has 356 valence electrons. The summed E-state index contributed by atoms with van der Waals surface area (Å²) in [6.45, 7) is 0. The van der Waals surface area contributed by atoms with Gasteiger partial charge in [-0.15, -0.1) is 0 Å². The summed E-state index contributed by atoms with van der Waals surface area (Å²) in [5.41, 5.74) is 15.7. The molecular weight excluding hydrogens is 929 g/mol. The monoisotopic (exact) mass is 972 g/mol. The zero-order chi connectivity index (χ0) is 49.8. The highest BCUT2D eigenvalue weighted by atomic mass is 15.4. The Morgan fingerprint density at radius 2 is 0.776 bits per heavy atom. The van der Waals surface area contributed by atoms with Crippen LogP contribution in [0.5, 0.6) is 0 Å². The third-order valence-electron chi connectivity index (χ3n) is 15.4. The minimum atomic E-state index is -0.636. The molecule has 5 aromatic heterocycles. The highest BCUT2D eigenvalue weighted by Crippen LogP contribution is 2.45. The first-order valence-corrected chi connectivity index (χ1v) is 25.8. The lowest BCUT2D eigenvalue weighted by molar-refractivity contribution is 0.510. The van der Waals surface area contributed by atoms with Gasteiger partial charge in [0, 0.05) is 65.5 Å². The summed E-state index contributed by atoms with van der Waals surface area (Å²) in [5.74, 6) is 1.32. The fourth-order valence-corrected chi connectivity index (χ4v) is 12.2. The van der Waals surface area contributed by atoms with Gasteiger partial charge in [0.25, 0.3) is 0 Å². The van der Waals surface area contributed by atoms with Crippen molar-refractivity contribution in [1.82, 2.24) is 28.6 Å². The van der Waals surface area contributed by atoms with Crippen molar-refractivity contribution in [3.05, 3.63) is 260 Å². The number of nitrogens with one attached hydrogen (secondary N) is 1.